The monoisotopic (exact) mass is 248 g/mol. The van der Waals surface area contributed by atoms with Gasteiger partial charge in [0.2, 0.25) is 0 Å². The first kappa shape index (κ1) is 11.3. The van der Waals surface area contributed by atoms with Gasteiger partial charge in [0.1, 0.15) is 5.69 Å². The van der Waals surface area contributed by atoms with Crippen LogP contribution in [-0.2, 0) is 0 Å². The second-order valence-electron chi connectivity index (χ2n) is 3.20. The molecule has 2 rings (SSSR count). The van der Waals surface area contributed by atoms with Gasteiger partial charge in [-0.05, 0) is 23.6 Å². The topological polar surface area (TPSA) is 79.3 Å². The Bertz CT molecular complexity index is 534. The average molecular weight is 248 g/mol. The number of aromatic carboxylic acids is 1. The van der Waals surface area contributed by atoms with Crippen LogP contribution in [0.4, 0.5) is 5.69 Å². The summed E-state index contributed by atoms with van der Waals surface area (Å²) in [6.07, 6.45) is 1.16. The highest BCUT2D eigenvalue weighted by Gasteiger charge is 2.09. The van der Waals surface area contributed by atoms with Crippen molar-refractivity contribution in [2.24, 2.45) is 0 Å². The van der Waals surface area contributed by atoms with Gasteiger partial charge in [0, 0.05) is 11.6 Å². The first-order valence-corrected chi connectivity index (χ1v) is 5.64. The average Bonchev–Trinajstić information content (AvgIpc) is 2.82. The van der Waals surface area contributed by atoms with Gasteiger partial charge in [-0.3, -0.25) is 9.78 Å². The van der Waals surface area contributed by atoms with Crippen molar-refractivity contribution >= 4 is 28.9 Å². The van der Waals surface area contributed by atoms with Crippen molar-refractivity contribution < 1.29 is 14.7 Å². The molecule has 0 aliphatic rings. The number of nitrogens with one attached hydrogen (secondary N) is 1. The number of amides is 1. The van der Waals surface area contributed by atoms with Crippen molar-refractivity contribution in [3.8, 4) is 0 Å². The van der Waals surface area contributed by atoms with E-state index in [-0.39, 0.29) is 17.2 Å². The zero-order valence-corrected chi connectivity index (χ0v) is 9.40. The minimum atomic E-state index is -1.07. The third kappa shape index (κ3) is 2.67. The second-order valence-corrected chi connectivity index (χ2v) is 3.98. The lowest BCUT2D eigenvalue weighted by Crippen LogP contribution is -2.13. The lowest BCUT2D eigenvalue weighted by molar-refractivity contribution is 0.0696. The number of carbonyl (C=O) groups is 2. The molecular weight excluding hydrogens is 240 g/mol. The van der Waals surface area contributed by atoms with E-state index in [1.807, 2.05) is 5.38 Å². The van der Waals surface area contributed by atoms with Gasteiger partial charge in [0.25, 0.3) is 5.91 Å². The third-order valence-corrected chi connectivity index (χ3v) is 2.71. The zero-order chi connectivity index (χ0) is 12.3. The molecule has 86 valence electrons. The second kappa shape index (κ2) is 4.75. The van der Waals surface area contributed by atoms with Crippen LogP contribution in [0.15, 0.2) is 35.2 Å². The van der Waals surface area contributed by atoms with Crippen molar-refractivity contribution in [1.29, 1.82) is 0 Å². The number of rotatable bonds is 3. The molecule has 0 aliphatic carbocycles. The van der Waals surface area contributed by atoms with E-state index in [1.54, 1.807) is 11.4 Å². The third-order valence-electron chi connectivity index (χ3n) is 2.02. The van der Waals surface area contributed by atoms with E-state index in [0.717, 1.165) is 6.20 Å². The fourth-order valence-corrected chi connectivity index (χ4v) is 1.77. The lowest BCUT2D eigenvalue weighted by Gasteiger charge is -2.02. The summed E-state index contributed by atoms with van der Waals surface area (Å²) in [5, 5.41) is 15.0. The van der Waals surface area contributed by atoms with Gasteiger partial charge in [-0.2, -0.15) is 11.3 Å². The van der Waals surface area contributed by atoms with E-state index in [9.17, 15) is 9.59 Å². The van der Waals surface area contributed by atoms with Crippen LogP contribution >= 0.6 is 11.3 Å². The number of nitrogens with zero attached hydrogens (tertiary/aromatic N) is 1. The molecule has 0 saturated carbocycles. The van der Waals surface area contributed by atoms with Gasteiger partial charge in [-0.15, -0.1) is 0 Å². The summed E-state index contributed by atoms with van der Waals surface area (Å²) in [5.74, 6) is -1.43. The number of carbonyl (C=O) groups excluding carboxylic acids is 1. The number of aromatic nitrogens is 1. The molecule has 1 amide bonds. The van der Waals surface area contributed by atoms with Crippen molar-refractivity contribution in [3.05, 3.63) is 46.4 Å². The standard InChI is InChI=1S/C11H8N2O3S/c14-10(13-8-3-4-17-6-8)9-2-1-7(5-12-9)11(15)16/h1-6H,(H,13,14)(H,15,16). The number of hydrogen-bond donors (Lipinski definition) is 2. The molecule has 0 unspecified atom stereocenters. The van der Waals surface area contributed by atoms with Crippen LogP contribution in [0.5, 0.6) is 0 Å². The molecule has 0 atom stereocenters. The molecule has 0 bridgehead atoms. The predicted molar refractivity (Wildman–Crippen MR) is 63.5 cm³/mol. The Morgan fingerprint density at radius 1 is 1.29 bits per heavy atom. The maximum absolute atomic E-state index is 11.7. The SMILES string of the molecule is O=C(O)c1ccc(C(=O)Nc2ccsc2)nc1. The Labute approximate surface area is 101 Å². The fourth-order valence-electron chi connectivity index (χ4n) is 1.19. The highest BCUT2D eigenvalue weighted by molar-refractivity contribution is 7.08. The van der Waals surface area contributed by atoms with E-state index in [0.29, 0.717) is 5.69 Å². The smallest absolute Gasteiger partial charge is 0.337 e. The molecule has 5 nitrogen and oxygen atoms in total. The first-order chi connectivity index (χ1) is 8.16. The van der Waals surface area contributed by atoms with Gasteiger partial charge in [0.05, 0.1) is 11.3 Å². The molecule has 0 radical (unpaired) electrons. The summed E-state index contributed by atoms with van der Waals surface area (Å²) in [4.78, 5) is 26.1. The molecule has 0 aromatic carbocycles. The maximum atomic E-state index is 11.7. The Balaban J connectivity index is 2.12. The van der Waals surface area contributed by atoms with Gasteiger partial charge >= 0.3 is 5.97 Å². The van der Waals surface area contributed by atoms with Gasteiger partial charge in [-0.25, -0.2) is 4.79 Å². The van der Waals surface area contributed by atoms with Crippen LogP contribution in [0.3, 0.4) is 0 Å². The van der Waals surface area contributed by atoms with Crippen molar-refractivity contribution in [3.63, 3.8) is 0 Å². The van der Waals surface area contributed by atoms with Crippen LogP contribution in [0.1, 0.15) is 20.8 Å². The van der Waals surface area contributed by atoms with Crippen LogP contribution < -0.4 is 5.32 Å². The van der Waals surface area contributed by atoms with E-state index in [2.05, 4.69) is 10.3 Å². The summed E-state index contributed by atoms with van der Waals surface area (Å²) >= 11 is 1.47. The quantitative estimate of drug-likeness (QED) is 0.871. The molecule has 6 heteroatoms. The van der Waals surface area contributed by atoms with Crippen molar-refractivity contribution in [1.82, 2.24) is 4.98 Å². The minimum Gasteiger partial charge on any atom is -0.478 e. The Kier molecular flexibility index (Phi) is 3.15. The highest BCUT2D eigenvalue weighted by Crippen LogP contribution is 2.12. The number of pyridine rings is 1. The van der Waals surface area contributed by atoms with Gasteiger partial charge in [-0.1, -0.05) is 0 Å². The molecule has 2 aromatic rings. The summed E-state index contributed by atoms with van der Waals surface area (Å²) in [5.41, 5.74) is 0.933. The van der Waals surface area contributed by atoms with Crippen molar-refractivity contribution in [2.45, 2.75) is 0 Å². The van der Waals surface area contributed by atoms with Crippen LogP contribution in [-0.4, -0.2) is 22.0 Å². The van der Waals surface area contributed by atoms with Gasteiger partial charge < -0.3 is 10.4 Å². The summed E-state index contributed by atoms with van der Waals surface area (Å²) in [6, 6.07) is 4.50. The predicted octanol–water partition coefficient (Wildman–Crippen LogP) is 2.09. The molecule has 2 heterocycles. The van der Waals surface area contributed by atoms with E-state index < -0.39 is 5.97 Å². The molecule has 2 N–H and O–H groups in total. The number of anilines is 1. The first-order valence-electron chi connectivity index (χ1n) is 4.70. The molecule has 17 heavy (non-hydrogen) atoms. The van der Waals surface area contributed by atoms with E-state index >= 15 is 0 Å². The summed E-state index contributed by atoms with van der Waals surface area (Å²) in [6.45, 7) is 0. The number of carboxylic acids is 1. The van der Waals surface area contributed by atoms with Crippen LogP contribution in [0.2, 0.25) is 0 Å². The number of hydrogen-bond acceptors (Lipinski definition) is 4. The van der Waals surface area contributed by atoms with E-state index in [4.69, 9.17) is 5.11 Å². The van der Waals surface area contributed by atoms with Crippen LogP contribution in [0.25, 0.3) is 0 Å². The molecule has 0 saturated heterocycles. The summed E-state index contributed by atoms with van der Waals surface area (Å²) in [7, 11) is 0. The molecular formula is C11H8N2O3S. The van der Waals surface area contributed by atoms with E-state index in [1.165, 1.54) is 23.5 Å². The van der Waals surface area contributed by atoms with Gasteiger partial charge in [0.15, 0.2) is 0 Å². The Hall–Kier alpha value is -2.21. The number of carboxylic acid groups (broad SMARTS) is 1. The molecule has 0 aliphatic heterocycles. The normalized spacial score (nSPS) is 9.88. The largest absolute Gasteiger partial charge is 0.478 e. The summed E-state index contributed by atoms with van der Waals surface area (Å²) < 4.78 is 0. The van der Waals surface area contributed by atoms with Crippen LogP contribution in [0, 0.1) is 0 Å². The fraction of sp³-hybridized carbons (Fsp3) is 0. The molecule has 2 aromatic heterocycles. The van der Waals surface area contributed by atoms with Crippen molar-refractivity contribution in [2.75, 3.05) is 5.32 Å². The highest BCUT2D eigenvalue weighted by atomic mass is 32.1. The maximum Gasteiger partial charge on any atom is 0.337 e. The lowest BCUT2D eigenvalue weighted by atomic mass is 10.2. The Morgan fingerprint density at radius 2 is 2.12 bits per heavy atom. The molecule has 0 fully saturated rings. The Morgan fingerprint density at radius 3 is 2.65 bits per heavy atom. The zero-order valence-electron chi connectivity index (χ0n) is 8.58. The number of thiophene rings is 1. The minimum absolute atomic E-state index is 0.0529. The molecule has 0 spiro atoms.